The van der Waals surface area contributed by atoms with Crippen molar-refractivity contribution in [1.29, 1.82) is 0 Å². The van der Waals surface area contributed by atoms with E-state index in [0.717, 1.165) is 41.1 Å². The molecule has 3 aliphatic rings. The van der Waals surface area contributed by atoms with E-state index in [-0.39, 0.29) is 11.9 Å². The molecule has 3 heteroatoms. The third kappa shape index (κ3) is 3.54. The van der Waals surface area contributed by atoms with E-state index in [1.165, 1.54) is 22.3 Å². The van der Waals surface area contributed by atoms with Gasteiger partial charge in [-0.25, -0.2) is 4.99 Å². The molecule has 1 amide bonds. The van der Waals surface area contributed by atoms with Crippen molar-refractivity contribution < 1.29 is 4.79 Å². The van der Waals surface area contributed by atoms with Crippen LogP contribution in [-0.2, 0) is 11.2 Å². The summed E-state index contributed by atoms with van der Waals surface area (Å²) in [6, 6.07) is 27.2. The molecular formula is C31H26N2O. The van der Waals surface area contributed by atoms with Crippen LogP contribution in [-0.4, -0.2) is 16.6 Å². The van der Waals surface area contributed by atoms with Gasteiger partial charge in [-0.15, -0.1) is 0 Å². The quantitative estimate of drug-likeness (QED) is 0.417. The first-order chi connectivity index (χ1) is 16.7. The summed E-state index contributed by atoms with van der Waals surface area (Å²) in [5, 5.41) is 0. The molecule has 0 bridgehead atoms. The fourth-order valence-electron chi connectivity index (χ4n) is 5.24. The second-order valence-corrected chi connectivity index (χ2v) is 9.19. The zero-order valence-corrected chi connectivity index (χ0v) is 19.2. The number of hydrogen-bond donors (Lipinski definition) is 0. The number of rotatable bonds is 3. The smallest absolute Gasteiger partial charge is 0.256 e. The molecule has 1 aliphatic carbocycles. The number of fused-ring (bicyclic) bond motifs is 3. The molecule has 6 rings (SSSR count). The van der Waals surface area contributed by atoms with Gasteiger partial charge in [0.15, 0.2) is 0 Å². The minimum atomic E-state index is -0.104. The van der Waals surface area contributed by atoms with Crippen molar-refractivity contribution in [3.05, 3.63) is 130 Å². The third-order valence-corrected chi connectivity index (χ3v) is 6.97. The predicted molar refractivity (Wildman–Crippen MR) is 138 cm³/mol. The molecule has 1 saturated heterocycles. The highest BCUT2D eigenvalue weighted by atomic mass is 16.2. The molecule has 0 aromatic heterocycles. The average molecular weight is 443 g/mol. The van der Waals surface area contributed by atoms with Crippen LogP contribution in [0, 0.1) is 6.92 Å². The Morgan fingerprint density at radius 3 is 2.50 bits per heavy atom. The Labute approximate surface area is 200 Å². The van der Waals surface area contributed by atoms with Crippen LogP contribution in [0.3, 0.4) is 0 Å². The topological polar surface area (TPSA) is 32.7 Å². The van der Waals surface area contributed by atoms with Crippen LogP contribution >= 0.6 is 0 Å². The molecule has 3 nitrogen and oxygen atoms in total. The molecule has 1 atom stereocenters. The minimum absolute atomic E-state index is 0.0624. The Morgan fingerprint density at radius 2 is 1.68 bits per heavy atom. The summed E-state index contributed by atoms with van der Waals surface area (Å²) in [7, 11) is 0. The maximum absolute atomic E-state index is 13.7. The summed E-state index contributed by atoms with van der Waals surface area (Å²) < 4.78 is 0. The van der Waals surface area contributed by atoms with E-state index in [2.05, 4.69) is 67.6 Å². The maximum atomic E-state index is 13.7. The number of nitrogens with zero attached hydrogens (tertiary/aromatic N) is 2. The van der Waals surface area contributed by atoms with Crippen LogP contribution in [0.25, 0.3) is 11.8 Å². The molecule has 0 spiro atoms. The van der Waals surface area contributed by atoms with Crippen molar-refractivity contribution in [2.24, 2.45) is 4.99 Å². The lowest BCUT2D eigenvalue weighted by Crippen LogP contribution is -2.38. The van der Waals surface area contributed by atoms with Crippen molar-refractivity contribution in [3.8, 4) is 0 Å². The fourth-order valence-corrected chi connectivity index (χ4v) is 5.24. The first-order valence-corrected chi connectivity index (χ1v) is 11.9. The van der Waals surface area contributed by atoms with Gasteiger partial charge >= 0.3 is 0 Å². The Morgan fingerprint density at radius 1 is 0.912 bits per heavy atom. The molecule has 34 heavy (non-hydrogen) atoms. The predicted octanol–water partition coefficient (Wildman–Crippen LogP) is 6.68. The standard InChI is InChI=1S/C31H26N2O/c1-21-14-16-24(17-15-21)30-27-19-18-23-11-5-6-13-26(23)29(27)32-28-20-25(31(34)33(28)30)12-7-10-22-8-3-2-4-9-22/h2-17,30H,18-20H2,1H3/b10-7+,25-12+. The summed E-state index contributed by atoms with van der Waals surface area (Å²) in [4.78, 5) is 20.7. The van der Waals surface area contributed by atoms with Gasteiger partial charge in [0.05, 0.1) is 11.7 Å². The first kappa shape index (κ1) is 20.6. The van der Waals surface area contributed by atoms with Gasteiger partial charge in [0.2, 0.25) is 0 Å². The van der Waals surface area contributed by atoms with Gasteiger partial charge in [-0.3, -0.25) is 9.69 Å². The van der Waals surface area contributed by atoms with E-state index in [9.17, 15) is 4.79 Å². The third-order valence-electron chi connectivity index (χ3n) is 6.97. The second-order valence-electron chi connectivity index (χ2n) is 9.19. The van der Waals surface area contributed by atoms with E-state index in [1.807, 2.05) is 41.3 Å². The molecule has 166 valence electrons. The number of carbonyl (C=O) groups excluding carboxylic acids is 1. The zero-order valence-electron chi connectivity index (χ0n) is 19.2. The Hall–Kier alpha value is -3.98. The van der Waals surface area contributed by atoms with Crippen molar-refractivity contribution in [1.82, 2.24) is 4.90 Å². The average Bonchev–Trinajstić information content (AvgIpc) is 3.19. The Kier molecular flexibility index (Phi) is 5.10. The normalized spacial score (nSPS) is 20.4. The molecule has 1 fully saturated rings. The Balaban J connectivity index is 1.43. The second kappa shape index (κ2) is 8.42. The maximum Gasteiger partial charge on any atom is 0.256 e. The van der Waals surface area contributed by atoms with Crippen LogP contribution < -0.4 is 0 Å². The van der Waals surface area contributed by atoms with Crippen LogP contribution in [0.2, 0.25) is 0 Å². The summed E-state index contributed by atoms with van der Waals surface area (Å²) in [5.41, 5.74) is 9.14. The largest absolute Gasteiger partial charge is 0.285 e. The van der Waals surface area contributed by atoms with E-state index >= 15 is 0 Å². The van der Waals surface area contributed by atoms with E-state index in [1.54, 1.807) is 0 Å². The number of amidine groups is 1. The SMILES string of the molecule is Cc1ccc(C2C3=C(N=C4C/C(=C\C=C\c5ccccc5)C(=O)N42)c2ccccc2CC3)cc1. The van der Waals surface area contributed by atoms with Crippen molar-refractivity contribution in [2.75, 3.05) is 0 Å². The number of benzene rings is 3. The molecular weight excluding hydrogens is 416 g/mol. The van der Waals surface area contributed by atoms with E-state index in [0.29, 0.717) is 6.42 Å². The molecule has 2 heterocycles. The molecule has 0 N–H and O–H groups in total. The lowest BCUT2D eigenvalue weighted by Gasteiger charge is -2.37. The molecule has 3 aromatic carbocycles. The van der Waals surface area contributed by atoms with Gasteiger partial charge in [0, 0.05) is 17.6 Å². The van der Waals surface area contributed by atoms with Crippen LogP contribution in [0.15, 0.2) is 107 Å². The van der Waals surface area contributed by atoms with Crippen molar-refractivity contribution in [2.45, 2.75) is 32.2 Å². The molecule has 0 saturated carbocycles. The molecule has 0 radical (unpaired) electrons. The van der Waals surface area contributed by atoms with Gasteiger partial charge in [-0.1, -0.05) is 103 Å². The summed E-state index contributed by atoms with van der Waals surface area (Å²) in [6.45, 7) is 2.10. The summed E-state index contributed by atoms with van der Waals surface area (Å²) in [5.74, 6) is 0.915. The van der Waals surface area contributed by atoms with Gasteiger partial charge in [-0.05, 0) is 42.0 Å². The number of amides is 1. The Bertz CT molecular complexity index is 1390. The molecule has 1 unspecified atom stereocenters. The highest BCUT2D eigenvalue weighted by Crippen LogP contribution is 2.47. The highest BCUT2D eigenvalue weighted by Gasteiger charge is 2.43. The number of carbonyl (C=O) groups is 1. The van der Waals surface area contributed by atoms with E-state index in [4.69, 9.17) is 4.99 Å². The lowest BCUT2D eigenvalue weighted by atomic mass is 9.82. The molecule has 2 aliphatic heterocycles. The van der Waals surface area contributed by atoms with Gasteiger partial charge < -0.3 is 0 Å². The van der Waals surface area contributed by atoms with Gasteiger partial charge in [-0.2, -0.15) is 0 Å². The highest BCUT2D eigenvalue weighted by molar-refractivity contribution is 6.18. The van der Waals surface area contributed by atoms with Crippen LogP contribution in [0.4, 0.5) is 0 Å². The summed E-state index contributed by atoms with van der Waals surface area (Å²) >= 11 is 0. The van der Waals surface area contributed by atoms with Gasteiger partial charge in [0.1, 0.15) is 5.84 Å². The van der Waals surface area contributed by atoms with Crippen LogP contribution in [0.1, 0.15) is 46.7 Å². The van der Waals surface area contributed by atoms with Crippen LogP contribution in [0.5, 0.6) is 0 Å². The van der Waals surface area contributed by atoms with E-state index < -0.39 is 0 Å². The van der Waals surface area contributed by atoms with Crippen molar-refractivity contribution >= 4 is 23.5 Å². The van der Waals surface area contributed by atoms with Gasteiger partial charge in [0.25, 0.3) is 5.91 Å². The zero-order chi connectivity index (χ0) is 23.1. The van der Waals surface area contributed by atoms with Crippen molar-refractivity contribution in [3.63, 3.8) is 0 Å². The lowest BCUT2D eigenvalue weighted by molar-refractivity contribution is -0.123. The number of aliphatic imine (C=N–C) groups is 1. The number of aryl methyl sites for hydroxylation is 2. The molecule has 3 aromatic rings. The fraction of sp³-hybridized carbons (Fsp3) is 0.161. The minimum Gasteiger partial charge on any atom is -0.285 e. The summed E-state index contributed by atoms with van der Waals surface area (Å²) in [6.07, 6.45) is 8.42. The number of hydrogen-bond acceptors (Lipinski definition) is 2. The monoisotopic (exact) mass is 442 g/mol. The number of allylic oxidation sites excluding steroid dienone is 2. The first-order valence-electron chi connectivity index (χ1n) is 11.9.